The number of rotatable bonds is 5. The van der Waals surface area contributed by atoms with E-state index in [4.69, 9.17) is 23.2 Å². The summed E-state index contributed by atoms with van der Waals surface area (Å²) in [6.45, 7) is 0.855. The van der Waals surface area contributed by atoms with Crippen molar-refractivity contribution in [1.82, 2.24) is 5.32 Å². The van der Waals surface area contributed by atoms with Crippen LogP contribution in [0.1, 0.15) is 5.56 Å². The van der Waals surface area contributed by atoms with E-state index in [1.807, 2.05) is 13.1 Å². The van der Waals surface area contributed by atoms with Gasteiger partial charge in [-0.15, -0.1) is 0 Å². The molecule has 0 aliphatic carbocycles. The van der Waals surface area contributed by atoms with Gasteiger partial charge in [0.25, 0.3) is 5.91 Å². The maximum atomic E-state index is 11.9. The van der Waals surface area contributed by atoms with Crippen molar-refractivity contribution in [3.8, 4) is 0 Å². The van der Waals surface area contributed by atoms with Crippen molar-refractivity contribution in [1.29, 1.82) is 0 Å². The summed E-state index contributed by atoms with van der Waals surface area (Å²) < 4.78 is 22.6. The van der Waals surface area contributed by atoms with Gasteiger partial charge in [-0.1, -0.05) is 29.3 Å². The molecule has 2 rings (SSSR count). The SMILES string of the molecule is C[NH+](CC(=O)N[C@@H]1C=CS(=O)(=O)C1)Cc1ccc(Cl)c(Cl)c1. The molecule has 0 radical (unpaired) electrons. The summed E-state index contributed by atoms with van der Waals surface area (Å²) in [6, 6.07) is 4.93. The molecule has 8 heteroatoms. The van der Waals surface area contributed by atoms with E-state index >= 15 is 0 Å². The molecular formula is C14H17Cl2N2O3S+. The molecule has 0 saturated carbocycles. The van der Waals surface area contributed by atoms with Crippen molar-refractivity contribution in [2.45, 2.75) is 12.6 Å². The molecular weight excluding hydrogens is 347 g/mol. The molecule has 1 heterocycles. The molecule has 0 aromatic heterocycles. The molecule has 1 aliphatic heterocycles. The van der Waals surface area contributed by atoms with E-state index < -0.39 is 15.9 Å². The lowest BCUT2D eigenvalue weighted by molar-refractivity contribution is -0.885. The minimum Gasteiger partial charge on any atom is -0.344 e. The normalized spacial score (nSPS) is 20.8. The van der Waals surface area contributed by atoms with Crippen LogP contribution in [0.2, 0.25) is 10.0 Å². The van der Waals surface area contributed by atoms with Crippen LogP contribution < -0.4 is 10.2 Å². The third kappa shape index (κ3) is 4.98. The van der Waals surface area contributed by atoms with E-state index in [0.717, 1.165) is 15.9 Å². The number of carbonyl (C=O) groups excluding carboxylic acids is 1. The number of likely N-dealkylation sites (N-methyl/N-ethyl adjacent to an activating group) is 1. The number of carbonyl (C=O) groups is 1. The number of hydrogen-bond acceptors (Lipinski definition) is 3. The predicted molar refractivity (Wildman–Crippen MR) is 86.8 cm³/mol. The Balaban J connectivity index is 1.84. The van der Waals surface area contributed by atoms with Crippen LogP contribution in [-0.4, -0.2) is 39.7 Å². The first kappa shape index (κ1) is 17.3. The number of amides is 1. The maximum Gasteiger partial charge on any atom is 0.275 e. The number of benzene rings is 1. The van der Waals surface area contributed by atoms with Crippen LogP contribution in [0.3, 0.4) is 0 Å². The smallest absolute Gasteiger partial charge is 0.275 e. The largest absolute Gasteiger partial charge is 0.344 e. The average Bonchev–Trinajstić information content (AvgIpc) is 2.72. The van der Waals surface area contributed by atoms with Gasteiger partial charge in [0.15, 0.2) is 16.4 Å². The first-order chi connectivity index (χ1) is 10.2. The van der Waals surface area contributed by atoms with E-state index in [1.54, 1.807) is 12.1 Å². The zero-order chi connectivity index (χ0) is 16.3. The summed E-state index contributed by atoms with van der Waals surface area (Å²) >= 11 is 11.8. The van der Waals surface area contributed by atoms with Gasteiger partial charge in [0.2, 0.25) is 0 Å². The van der Waals surface area contributed by atoms with E-state index in [9.17, 15) is 13.2 Å². The fourth-order valence-electron chi connectivity index (χ4n) is 2.26. The summed E-state index contributed by atoms with van der Waals surface area (Å²) in [6.07, 6.45) is 1.50. The van der Waals surface area contributed by atoms with Gasteiger partial charge in [-0.3, -0.25) is 4.79 Å². The lowest BCUT2D eigenvalue weighted by atomic mass is 10.2. The van der Waals surface area contributed by atoms with Crippen LogP contribution in [0.5, 0.6) is 0 Å². The van der Waals surface area contributed by atoms with Crippen molar-refractivity contribution < 1.29 is 18.1 Å². The van der Waals surface area contributed by atoms with Crippen molar-refractivity contribution in [3.63, 3.8) is 0 Å². The van der Waals surface area contributed by atoms with E-state index in [2.05, 4.69) is 5.32 Å². The van der Waals surface area contributed by atoms with Crippen LogP contribution in [0.4, 0.5) is 0 Å². The van der Waals surface area contributed by atoms with Crippen LogP contribution >= 0.6 is 23.2 Å². The lowest BCUT2D eigenvalue weighted by Crippen LogP contribution is -3.09. The number of hydrogen-bond donors (Lipinski definition) is 2. The Morgan fingerprint density at radius 2 is 2.09 bits per heavy atom. The molecule has 0 bridgehead atoms. The Morgan fingerprint density at radius 3 is 2.68 bits per heavy atom. The van der Waals surface area contributed by atoms with Crippen molar-refractivity contribution in [3.05, 3.63) is 45.3 Å². The lowest BCUT2D eigenvalue weighted by Gasteiger charge is -2.16. The second kappa shape index (κ2) is 7.00. The Kier molecular flexibility index (Phi) is 5.50. The fourth-order valence-corrected chi connectivity index (χ4v) is 3.81. The second-order valence-corrected chi connectivity index (χ2v) is 8.14. The van der Waals surface area contributed by atoms with Crippen LogP contribution in [-0.2, 0) is 21.2 Å². The van der Waals surface area contributed by atoms with Crippen LogP contribution in [0.15, 0.2) is 29.7 Å². The van der Waals surface area contributed by atoms with E-state index in [1.165, 1.54) is 6.08 Å². The summed E-state index contributed by atoms with van der Waals surface area (Å²) in [7, 11) is -1.28. The summed E-state index contributed by atoms with van der Waals surface area (Å²) in [4.78, 5) is 12.9. The van der Waals surface area contributed by atoms with Gasteiger partial charge in [-0.2, -0.15) is 0 Å². The molecule has 5 nitrogen and oxygen atoms in total. The molecule has 1 amide bonds. The Hall–Kier alpha value is -1.08. The molecule has 0 spiro atoms. The highest BCUT2D eigenvalue weighted by molar-refractivity contribution is 7.94. The summed E-state index contributed by atoms with van der Waals surface area (Å²) in [5.41, 5.74) is 0.975. The topological polar surface area (TPSA) is 67.7 Å². The number of quaternary nitrogens is 1. The molecule has 1 aliphatic rings. The van der Waals surface area contributed by atoms with Gasteiger partial charge in [0, 0.05) is 11.0 Å². The standard InChI is InChI=1S/C14H16Cl2N2O3S/c1-18(7-10-2-3-12(15)13(16)6-10)8-14(19)17-11-4-5-22(20,21)9-11/h2-6,11H,7-9H2,1H3,(H,17,19)/p+1/t11-/m1/s1. The molecule has 2 atom stereocenters. The summed E-state index contributed by atoms with van der Waals surface area (Å²) in [5.74, 6) is -0.255. The fraction of sp³-hybridized carbons (Fsp3) is 0.357. The molecule has 120 valence electrons. The zero-order valence-corrected chi connectivity index (χ0v) is 14.3. The third-order valence-corrected chi connectivity index (χ3v) is 5.36. The van der Waals surface area contributed by atoms with Crippen molar-refractivity contribution >= 4 is 38.9 Å². The molecule has 2 N–H and O–H groups in total. The van der Waals surface area contributed by atoms with Gasteiger partial charge in [-0.05, 0) is 18.2 Å². The molecule has 1 unspecified atom stereocenters. The predicted octanol–water partition coefficient (Wildman–Crippen LogP) is 0.435. The second-order valence-electron chi connectivity index (χ2n) is 5.39. The van der Waals surface area contributed by atoms with Crippen molar-refractivity contribution in [2.24, 2.45) is 0 Å². The Bertz CT molecular complexity index is 704. The van der Waals surface area contributed by atoms with Gasteiger partial charge in [0.05, 0.1) is 28.9 Å². The summed E-state index contributed by atoms with van der Waals surface area (Å²) in [5, 5.41) is 4.82. The molecule has 1 aromatic rings. The Morgan fingerprint density at radius 1 is 1.36 bits per heavy atom. The van der Waals surface area contributed by atoms with Crippen LogP contribution in [0, 0.1) is 0 Å². The molecule has 22 heavy (non-hydrogen) atoms. The first-order valence-corrected chi connectivity index (χ1v) is 9.18. The van der Waals surface area contributed by atoms with Gasteiger partial charge in [0.1, 0.15) is 6.54 Å². The monoisotopic (exact) mass is 363 g/mol. The zero-order valence-electron chi connectivity index (χ0n) is 12.0. The quantitative estimate of drug-likeness (QED) is 0.797. The van der Waals surface area contributed by atoms with E-state index in [-0.39, 0.29) is 18.2 Å². The van der Waals surface area contributed by atoms with Crippen LogP contribution in [0.25, 0.3) is 0 Å². The minimum atomic E-state index is -3.16. The minimum absolute atomic E-state index is 0.0649. The average molecular weight is 364 g/mol. The number of sulfone groups is 1. The highest BCUT2D eigenvalue weighted by Crippen LogP contribution is 2.22. The number of nitrogens with one attached hydrogen (secondary N) is 2. The molecule has 0 saturated heterocycles. The van der Waals surface area contributed by atoms with E-state index in [0.29, 0.717) is 16.6 Å². The van der Waals surface area contributed by atoms with Gasteiger partial charge in [-0.25, -0.2) is 8.42 Å². The molecule has 0 fully saturated rings. The first-order valence-electron chi connectivity index (χ1n) is 6.71. The Labute approximate surface area is 139 Å². The highest BCUT2D eigenvalue weighted by Gasteiger charge is 2.24. The molecule has 1 aromatic carbocycles. The third-order valence-electron chi connectivity index (χ3n) is 3.23. The maximum absolute atomic E-state index is 11.9. The highest BCUT2D eigenvalue weighted by atomic mass is 35.5. The van der Waals surface area contributed by atoms with Crippen molar-refractivity contribution in [2.75, 3.05) is 19.3 Å². The van der Waals surface area contributed by atoms with Gasteiger partial charge < -0.3 is 10.2 Å². The van der Waals surface area contributed by atoms with Gasteiger partial charge >= 0.3 is 0 Å². The number of halogens is 2.